The van der Waals surface area contributed by atoms with Crippen LogP contribution in [0.2, 0.25) is 0 Å². The van der Waals surface area contributed by atoms with Crippen molar-refractivity contribution in [3.05, 3.63) is 12.2 Å². The van der Waals surface area contributed by atoms with Gasteiger partial charge >= 0.3 is 0 Å². The first kappa shape index (κ1) is 16.8. The van der Waals surface area contributed by atoms with Gasteiger partial charge < -0.3 is 15.8 Å². The highest BCUT2D eigenvalue weighted by atomic mass is 16.5. The largest absolute Gasteiger partial charge is 0.381 e. The number of hydrogen-bond donors (Lipinski definition) is 2. The van der Waals surface area contributed by atoms with Crippen LogP contribution in [0.1, 0.15) is 33.1 Å². The Hall–Kier alpha value is -1.20. The molecule has 104 valence electrons. The van der Waals surface area contributed by atoms with E-state index in [4.69, 9.17) is 10.5 Å². The van der Waals surface area contributed by atoms with Gasteiger partial charge in [0.1, 0.15) is 0 Å². The molecule has 0 radical (unpaired) electrons. The molecule has 5 heteroatoms. The molecular weight excluding hydrogens is 232 g/mol. The number of carbonyl (C=O) groups is 2. The first-order valence-electron chi connectivity index (χ1n) is 6.08. The number of Topliss-reactive ketones (excluding diaryl/α,β-unsaturated/α-hetero) is 1. The van der Waals surface area contributed by atoms with Crippen molar-refractivity contribution in [2.45, 2.75) is 45.3 Å². The average molecular weight is 256 g/mol. The molecule has 0 fully saturated rings. The van der Waals surface area contributed by atoms with E-state index in [9.17, 15) is 9.59 Å². The number of carbonyl (C=O) groups excluding carboxylic acids is 2. The van der Waals surface area contributed by atoms with Gasteiger partial charge in [0.05, 0.1) is 12.1 Å². The quantitative estimate of drug-likeness (QED) is 0.566. The summed E-state index contributed by atoms with van der Waals surface area (Å²) in [5.74, 6) is -0.364. The van der Waals surface area contributed by atoms with E-state index < -0.39 is 5.91 Å². The minimum Gasteiger partial charge on any atom is -0.381 e. The summed E-state index contributed by atoms with van der Waals surface area (Å²) < 4.78 is 5.06. The van der Waals surface area contributed by atoms with Gasteiger partial charge in [0, 0.05) is 26.5 Å². The molecule has 0 aromatic heterocycles. The van der Waals surface area contributed by atoms with Gasteiger partial charge in [-0.1, -0.05) is 12.2 Å². The number of amides is 1. The van der Waals surface area contributed by atoms with E-state index in [1.807, 2.05) is 13.8 Å². The number of hydrogen-bond acceptors (Lipinski definition) is 4. The van der Waals surface area contributed by atoms with E-state index in [0.29, 0.717) is 19.4 Å². The third-order valence-corrected chi connectivity index (χ3v) is 2.61. The fourth-order valence-corrected chi connectivity index (χ4v) is 1.47. The maximum absolute atomic E-state index is 12.0. The van der Waals surface area contributed by atoms with Gasteiger partial charge in [-0.05, 0) is 20.3 Å². The molecule has 0 spiro atoms. The van der Waals surface area contributed by atoms with Gasteiger partial charge in [0.2, 0.25) is 5.91 Å². The summed E-state index contributed by atoms with van der Waals surface area (Å²) in [6, 6.07) is -0.369. The van der Waals surface area contributed by atoms with Crippen molar-refractivity contribution in [3.8, 4) is 0 Å². The van der Waals surface area contributed by atoms with Crippen molar-refractivity contribution in [2.75, 3.05) is 13.7 Å². The summed E-state index contributed by atoms with van der Waals surface area (Å²) in [4.78, 5) is 22.8. The number of nitrogens with two attached hydrogens (primary N) is 1. The Bertz CT molecular complexity index is 285. The second-order valence-corrected chi connectivity index (χ2v) is 4.61. The van der Waals surface area contributed by atoms with Crippen LogP contribution in [0.3, 0.4) is 0 Å². The first-order valence-corrected chi connectivity index (χ1v) is 6.08. The second kappa shape index (κ2) is 8.83. The van der Waals surface area contributed by atoms with Crippen molar-refractivity contribution >= 4 is 11.7 Å². The summed E-state index contributed by atoms with van der Waals surface area (Å²) in [6.45, 7) is 8.03. The normalized spacial score (nSPS) is 13.9. The fourth-order valence-electron chi connectivity index (χ4n) is 1.47. The average Bonchev–Trinajstić information content (AvgIpc) is 2.27. The third-order valence-electron chi connectivity index (χ3n) is 2.61. The SMILES string of the molecule is C=C(C)CNC(CCC(N)=O)C(=O)CC(C)OC. The van der Waals surface area contributed by atoms with Crippen molar-refractivity contribution < 1.29 is 14.3 Å². The van der Waals surface area contributed by atoms with Gasteiger partial charge in [-0.3, -0.25) is 9.59 Å². The van der Waals surface area contributed by atoms with Crippen LogP contribution in [0.25, 0.3) is 0 Å². The zero-order valence-electron chi connectivity index (χ0n) is 11.5. The molecule has 3 N–H and O–H groups in total. The van der Waals surface area contributed by atoms with Gasteiger partial charge in [0.25, 0.3) is 0 Å². The molecule has 0 aromatic carbocycles. The zero-order valence-corrected chi connectivity index (χ0v) is 11.5. The molecular formula is C13H24N2O3. The lowest BCUT2D eigenvalue weighted by atomic mass is 10.0. The predicted molar refractivity (Wildman–Crippen MR) is 71.1 cm³/mol. The predicted octanol–water partition coefficient (Wildman–Crippen LogP) is 0.780. The van der Waals surface area contributed by atoms with Gasteiger partial charge in [-0.2, -0.15) is 0 Å². The Morgan fingerprint density at radius 1 is 1.44 bits per heavy atom. The number of ether oxygens (including phenoxy) is 1. The van der Waals surface area contributed by atoms with Crippen molar-refractivity contribution in [2.24, 2.45) is 5.73 Å². The van der Waals surface area contributed by atoms with E-state index in [2.05, 4.69) is 11.9 Å². The number of nitrogens with one attached hydrogen (secondary N) is 1. The highest BCUT2D eigenvalue weighted by Gasteiger charge is 2.20. The minimum atomic E-state index is -0.398. The molecule has 0 aliphatic carbocycles. The molecule has 1 amide bonds. The highest BCUT2D eigenvalue weighted by Crippen LogP contribution is 2.06. The minimum absolute atomic E-state index is 0.0341. The van der Waals surface area contributed by atoms with Crippen LogP contribution >= 0.6 is 0 Å². The molecule has 0 aliphatic heterocycles. The number of methoxy groups -OCH3 is 1. The zero-order chi connectivity index (χ0) is 14.1. The monoisotopic (exact) mass is 256 g/mol. The van der Waals surface area contributed by atoms with Crippen molar-refractivity contribution in [1.29, 1.82) is 0 Å². The van der Waals surface area contributed by atoms with E-state index in [1.165, 1.54) is 0 Å². The molecule has 0 aromatic rings. The van der Waals surface area contributed by atoms with Crippen LogP contribution in [0, 0.1) is 0 Å². The summed E-state index contributed by atoms with van der Waals surface area (Å²) in [5, 5.41) is 3.09. The number of ketones is 1. The Labute approximate surface area is 109 Å². The first-order chi connectivity index (χ1) is 8.36. The maximum Gasteiger partial charge on any atom is 0.217 e. The topological polar surface area (TPSA) is 81.4 Å². The van der Waals surface area contributed by atoms with E-state index >= 15 is 0 Å². The molecule has 18 heavy (non-hydrogen) atoms. The van der Waals surface area contributed by atoms with Crippen molar-refractivity contribution in [1.82, 2.24) is 5.32 Å². The maximum atomic E-state index is 12.0. The van der Waals surface area contributed by atoms with Crippen LogP contribution in [0.4, 0.5) is 0 Å². The Balaban J connectivity index is 4.37. The molecule has 0 bridgehead atoms. The lowest BCUT2D eigenvalue weighted by Crippen LogP contribution is -2.39. The Morgan fingerprint density at radius 3 is 2.50 bits per heavy atom. The summed E-state index contributed by atoms with van der Waals surface area (Å²) in [5.41, 5.74) is 6.04. The highest BCUT2D eigenvalue weighted by molar-refractivity contribution is 5.85. The van der Waals surface area contributed by atoms with Crippen molar-refractivity contribution in [3.63, 3.8) is 0 Å². The smallest absolute Gasteiger partial charge is 0.217 e. The Kier molecular flexibility index (Phi) is 8.24. The summed E-state index contributed by atoms with van der Waals surface area (Å²) in [7, 11) is 1.57. The Morgan fingerprint density at radius 2 is 2.06 bits per heavy atom. The number of rotatable bonds is 10. The van der Waals surface area contributed by atoms with Crippen LogP contribution < -0.4 is 11.1 Å². The molecule has 0 saturated heterocycles. The van der Waals surface area contributed by atoms with E-state index in [-0.39, 0.29) is 24.3 Å². The molecule has 5 nitrogen and oxygen atoms in total. The standard InChI is InChI=1S/C13H24N2O3/c1-9(2)8-15-11(5-6-13(14)17)12(16)7-10(3)18-4/h10-11,15H,1,5-8H2,2-4H3,(H2,14,17). The molecule has 0 aliphatic rings. The summed E-state index contributed by atoms with van der Waals surface area (Å²) >= 11 is 0. The van der Waals surface area contributed by atoms with Crippen LogP contribution in [-0.2, 0) is 14.3 Å². The molecule has 2 unspecified atom stereocenters. The molecule has 0 rings (SSSR count). The van der Waals surface area contributed by atoms with Gasteiger partial charge in [0.15, 0.2) is 5.78 Å². The third kappa shape index (κ3) is 7.97. The lowest BCUT2D eigenvalue weighted by molar-refractivity contribution is -0.123. The van der Waals surface area contributed by atoms with Crippen LogP contribution in [-0.4, -0.2) is 37.5 Å². The fraction of sp³-hybridized carbons (Fsp3) is 0.692. The number of primary amides is 1. The molecule has 0 saturated carbocycles. The van der Waals surface area contributed by atoms with Crippen LogP contribution in [0.5, 0.6) is 0 Å². The second-order valence-electron chi connectivity index (χ2n) is 4.61. The van der Waals surface area contributed by atoms with Gasteiger partial charge in [-0.15, -0.1) is 0 Å². The molecule has 0 heterocycles. The van der Waals surface area contributed by atoms with Crippen LogP contribution in [0.15, 0.2) is 12.2 Å². The lowest BCUT2D eigenvalue weighted by Gasteiger charge is -2.19. The summed E-state index contributed by atoms with van der Waals surface area (Å²) in [6.07, 6.45) is 0.808. The van der Waals surface area contributed by atoms with E-state index in [0.717, 1.165) is 5.57 Å². The molecule has 2 atom stereocenters. The van der Waals surface area contributed by atoms with E-state index in [1.54, 1.807) is 7.11 Å². The van der Waals surface area contributed by atoms with Gasteiger partial charge in [-0.25, -0.2) is 0 Å².